The SMILES string of the molecule is CS(=O)(=O)Nc1ccc(NS(C)(=O)=O)c([N+](=O)[O-])c1. The van der Waals surface area contributed by atoms with Gasteiger partial charge in [-0.15, -0.1) is 0 Å². The summed E-state index contributed by atoms with van der Waals surface area (Å²) in [7, 11) is -7.25. The molecule has 0 saturated carbocycles. The van der Waals surface area contributed by atoms with Gasteiger partial charge in [-0.2, -0.15) is 0 Å². The lowest BCUT2D eigenvalue weighted by molar-refractivity contribution is -0.383. The van der Waals surface area contributed by atoms with Crippen LogP contribution in [0.1, 0.15) is 0 Å². The maximum Gasteiger partial charge on any atom is 0.295 e. The van der Waals surface area contributed by atoms with Crippen LogP contribution < -0.4 is 9.44 Å². The fourth-order valence-corrected chi connectivity index (χ4v) is 2.37. The van der Waals surface area contributed by atoms with Gasteiger partial charge >= 0.3 is 0 Å². The molecule has 0 aliphatic rings. The van der Waals surface area contributed by atoms with Crippen molar-refractivity contribution >= 4 is 37.1 Å². The first kappa shape index (κ1) is 15.2. The van der Waals surface area contributed by atoms with Crippen LogP contribution in [-0.2, 0) is 20.0 Å². The molecule has 1 rings (SSSR count). The molecule has 0 unspecified atom stereocenters. The van der Waals surface area contributed by atoms with Crippen molar-refractivity contribution in [2.24, 2.45) is 0 Å². The number of sulfonamides is 2. The van der Waals surface area contributed by atoms with Gasteiger partial charge in [0.1, 0.15) is 5.69 Å². The van der Waals surface area contributed by atoms with Gasteiger partial charge in [-0.05, 0) is 12.1 Å². The Morgan fingerprint density at radius 3 is 2.00 bits per heavy atom. The highest BCUT2D eigenvalue weighted by molar-refractivity contribution is 7.92. The molecule has 0 aliphatic carbocycles. The Kier molecular flexibility index (Phi) is 4.00. The van der Waals surface area contributed by atoms with Crippen molar-refractivity contribution in [1.82, 2.24) is 0 Å². The summed E-state index contributed by atoms with van der Waals surface area (Å²) in [6.45, 7) is 0. The minimum atomic E-state index is -3.67. The van der Waals surface area contributed by atoms with Gasteiger partial charge in [0.25, 0.3) is 5.69 Å². The van der Waals surface area contributed by atoms with Crippen LogP contribution >= 0.6 is 0 Å². The van der Waals surface area contributed by atoms with Crippen LogP contribution in [-0.4, -0.2) is 34.3 Å². The van der Waals surface area contributed by atoms with Gasteiger partial charge < -0.3 is 0 Å². The largest absolute Gasteiger partial charge is 0.295 e. The van der Waals surface area contributed by atoms with Crippen molar-refractivity contribution < 1.29 is 21.8 Å². The molecule has 0 aromatic heterocycles. The average Bonchev–Trinajstić information content (AvgIpc) is 2.15. The second kappa shape index (κ2) is 5.01. The van der Waals surface area contributed by atoms with Gasteiger partial charge in [-0.3, -0.25) is 19.6 Å². The molecule has 0 atom stereocenters. The summed E-state index contributed by atoms with van der Waals surface area (Å²) in [5.41, 5.74) is -0.834. The van der Waals surface area contributed by atoms with Gasteiger partial charge in [0.15, 0.2) is 0 Å². The quantitative estimate of drug-likeness (QED) is 0.594. The molecular weight excluding hydrogens is 298 g/mol. The zero-order chi connectivity index (χ0) is 14.8. The zero-order valence-electron chi connectivity index (χ0n) is 9.95. The van der Waals surface area contributed by atoms with E-state index in [1.165, 1.54) is 6.07 Å². The number of nitrogens with one attached hydrogen (secondary N) is 2. The van der Waals surface area contributed by atoms with Crippen LogP contribution in [0.2, 0.25) is 0 Å². The van der Waals surface area contributed by atoms with E-state index in [1.54, 1.807) is 0 Å². The predicted molar refractivity (Wildman–Crippen MR) is 70.0 cm³/mol. The molecule has 106 valence electrons. The lowest BCUT2D eigenvalue weighted by Gasteiger charge is -2.07. The molecule has 0 aliphatic heterocycles. The van der Waals surface area contributed by atoms with E-state index in [9.17, 15) is 26.9 Å². The second-order valence-corrected chi connectivity index (χ2v) is 7.23. The van der Waals surface area contributed by atoms with E-state index in [0.29, 0.717) is 0 Å². The lowest BCUT2D eigenvalue weighted by atomic mass is 10.2. The maximum atomic E-state index is 11.0. The van der Waals surface area contributed by atoms with E-state index >= 15 is 0 Å². The van der Waals surface area contributed by atoms with Gasteiger partial charge in [-0.25, -0.2) is 16.8 Å². The Balaban J connectivity index is 3.26. The number of hydrogen-bond donors (Lipinski definition) is 2. The molecule has 0 bridgehead atoms. The van der Waals surface area contributed by atoms with Crippen LogP contribution in [0, 0.1) is 10.1 Å². The molecule has 11 heteroatoms. The van der Waals surface area contributed by atoms with E-state index in [-0.39, 0.29) is 11.4 Å². The molecule has 2 N–H and O–H groups in total. The third-order valence-electron chi connectivity index (χ3n) is 1.79. The first-order valence-corrected chi connectivity index (χ1v) is 8.50. The van der Waals surface area contributed by atoms with E-state index < -0.39 is 30.7 Å². The van der Waals surface area contributed by atoms with Crippen molar-refractivity contribution in [3.8, 4) is 0 Å². The van der Waals surface area contributed by atoms with Gasteiger partial charge in [-0.1, -0.05) is 0 Å². The Bertz CT molecular complexity index is 710. The molecule has 1 aromatic rings. The average molecular weight is 309 g/mol. The smallest absolute Gasteiger partial charge is 0.284 e. The van der Waals surface area contributed by atoms with Crippen LogP contribution in [0.25, 0.3) is 0 Å². The summed E-state index contributed by atoms with van der Waals surface area (Å²) >= 11 is 0. The number of anilines is 2. The molecule has 0 radical (unpaired) electrons. The number of rotatable bonds is 5. The van der Waals surface area contributed by atoms with E-state index in [1.807, 2.05) is 4.72 Å². The maximum absolute atomic E-state index is 11.0. The lowest BCUT2D eigenvalue weighted by Crippen LogP contribution is -2.12. The molecule has 19 heavy (non-hydrogen) atoms. The molecule has 0 heterocycles. The third-order valence-corrected chi connectivity index (χ3v) is 2.99. The van der Waals surface area contributed by atoms with Crippen LogP contribution in [0.3, 0.4) is 0 Å². The van der Waals surface area contributed by atoms with Gasteiger partial charge in [0, 0.05) is 6.07 Å². The Labute approximate surface area is 109 Å². The number of hydrogen-bond acceptors (Lipinski definition) is 6. The standard InChI is InChI=1S/C8H11N3O6S2/c1-18(14,15)9-6-3-4-7(10-19(2,16)17)8(5-6)11(12)13/h3-5,9-10H,1-2H3. The number of benzene rings is 1. The third kappa shape index (κ3) is 5.09. The van der Waals surface area contributed by atoms with E-state index in [4.69, 9.17) is 0 Å². The fraction of sp³-hybridized carbons (Fsp3) is 0.250. The van der Waals surface area contributed by atoms with Crippen molar-refractivity contribution in [1.29, 1.82) is 0 Å². The number of nitrogens with zero attached hydrogens (tertiary/aromatic N) is 1. The Hall–Kier alpha value is -1.88. The minimum Gasteiger partial charge on any atom is -0.284 e. The predicted octanol–water partition coefficient (Wildman–Crippen LogP) is 0.338. The van der Waals surface area contributed by atoms with Crippen LogP contribution in [0.15, 0.2) is 18.2 Å². The molecule has 0 saturated heterocycles. The minimum absolute atomic E-state index is 0.0340. The van der Waals surface area contributed by atoms with E-state index in [0.717, 1.165) is 24.6 Å². The van der Waals surface area contributed by atoms with Gasteiger partial charge in [0.2, 0.25) is 20.0 Å². The molecule has 1 aromatic carbocycles. The molecular formula is C8H11N3O6S2. The second-order valence-electron chi connectivity index (χ2n) is 3.74. The van der Waals surface area contributed by atoms with Crippen molar-refractivity contribution in [2.75, 3.05) is 22.0 Å². The first-order chi connectivity index (χ1) is 8.48. The molecule has 0 spiro atoms. The molecule has 9 nitrogen and oxygen atoms in total. The summed E-state index contributed by atoms with van der Waals surface area (Å²) in [6, 6.07) is 3.24. The Morgan fingerprint density at radius 2 is 1.58 bits per heavy atom. The summed E-state index contributed by atoms with van der Waals surface area (Å²) in [4.78, 5) is 10.0. The highest BCUT2D eigenvalue weighted by Gasteiger charge is 2.18. The van der Waals surface area contributed by atoms with Crippen molar-refractivity contribution in [3.05, 3.63) is 28.3 Å². The zero-order valence-corrected chi connectivity index (χ0v) is 11.6. The normalized spacial score (nSPS) is 11.9. The summed E-state index contributed by atoms with van der Waals surface area (Å²) in [5, 5.41) is 10.8. The molecule has 0 fully saturated rings. The Morgan fingerprint density at radius 1 is 1.05 bits per heavy atom. The summed E-state index contributed by atoms with van der Waals surface area (Å²) < 4.78 is 48.1. The van der Waals surface area contributed by atoms with Crippen molar-refractivity contribution in [3.63, 3.8) is 0 Å². The highest BCUT2D eigenvalue weighted by Crippen LogP contribution is 2.28. The molecule has 0 amide bonds. The van der Waals surface area contributed by atoms with Gasteiger partial charge in [0.05, 0.1) is 23.1 Å². The van der Waals surface area contributed by atoms with Crippen LogP contribution in [0.5, 0.6) is 0 Å². The van der Waals surface area contributed by atoms with Crippen molar-refractivity contribution in [2.45, 2.75) is 0 Å². The highest BCUT2D eigenvalue weighted by atomic mass is 32.2. The number of nitro groups is 1. The van der Waals surface area contributed by atoms with E-state index in [2.05, 4.69) is 4.72 Å². The summed E-state index contributed by atoms with van der Waals surface area (Å²) in [6.07, 6.45) is 1.74. The fourth-order valence-electron chi connectivity index (χ4n) is 1.25. The number of nitro benzene ring substituents is 1. The summed E-state index contributed by atoms with van der Waals surface area (Å²) in [5.74, 6) is 0. The van der Waals surface area contributed by atoms with Crippen LogP contribution in [0.4, 0.5) is 17.1 Å². The first-order valence-electron chi connectivity index (χ1n) is 4.72. The topological polar surface area (TPSA) is 135 Å². The monoisotopic (exact) mass is 309 g/mol.